The summed E-state index contributed by atoms with van der Waals surface area (Å²) in [5.74, 6) is 2.63. The van der Waals surface area contributed by atoms with Crippen LogP contribution in [0.4, 0.5) is 0 Å². The van der Waals surface area contributed by atoms with Crippen LogP contribution in [0.15, 0.2) is 71.3 Å². The predicted octanol–water partition coefficient (Wildman–Crippen LogP) is 5.54. The summed E-state index contributed by atoms with van der Waals surface area (Å²) in [6.45, 7) is 4.94. The van der Waals surface area contributed by atoms with Crippen LogP contribution in [0.5, 0.6) is 17.2 Å². The molecule has 2 heterocycles. The summed E-state index contributed by atoms with van der Waals surface area (Å²) < 4.78 is 21.8. The van der Waals surface area contributed by atoms with E-state index in [2.05, 4.69) is 23.4 Å². The molecule has 0 saturated heterocycles. The van der Waals surface area contributed by atoms with E-state index in [-0.39, 0.29) is 19.2 Å². The molecule has 0 atom stereocenters. The fourth-order valence-electron chi connectivity index (χ4n) is 4.09. The Hall–Kier alpha value is -4.26. The average molecular weight is 471 g/mol. The van der Waals surface area contributed by atoms with E-state index < -0.39 is 0 Å². The van der Waals surface area contributed by atoms with Crippen LogP contribution in [0.3, 0.4) is 0 Å². The molecule has 1 amide bonds. The Labute approximate surface area is 203 Å². The second-order valence-corrected chi connectivity index (χ2v) is 8.58. The monoisotopic (exact) mass is 470 g/mol. The Morgan fingerprint density at radius 2 is 1.74 bits per heavy atom. The van der Waals surface area contributed by atoms with Gasteiger partial charge in [-0.1, -0.05) is 28.9 Å². The van der Waals surface area contributed by atoms with E-state index in [1.54, 1.807) is 36.3 Å². The number of ether oxygens (including phenoxy) is 3. The van der Waals surface area contributed by atoms with Crippen molar-refractivity contribution in [3.05, 3.63) is 94.7 Å². The van der Waals surface area contributed by atoms with Gasteiger partial charge < -0.3 is 23.6 Å². The van der Waals surface area contributed by atoms with Gasteiger partial charge in [-0.3, -0.25) is 4.79 Å². The number of aryl methyl sites for hydroxylation is 2. The van der Waals surface area contributed by atoms with Crippen molar-refractivity contribution < 1.29 is 23.5 Å². The Morgan fingerprint density at radius 3 is 2.54 bits per heavy atom. The number of carbonyl (C=O) groups excluding carboxylic acids is 1. The van der Waals surface area contributed by atoms with Crippen LogP contribution in [0.1, 0.15) is 32.7 Å². The second kappa shape index (κ2) is 9.54. The van der Waals surface area contributed by atoms with Gasteiger partial charge in [0.15, 0.2) is 17.3 Å². The molecule has 0 aliphatic carbocycles. The standard InChI is InChI=1S/C28H26N2O5/c1-18-4-5-19(2)24(12-18)26-14-22(29-35-26)16-30(28(31)21-7-9-23(32-3)10-8-21)15-20-6-11-25-27(13-20)34-17-33-25/h4-14H,15-17H2,1-3H3. The zero-order valence-corrected chi connectivity index (χ0v) is 19.9. The lowest BCUT2D eigenvalue weighted by molar-refractivity contribution is 0.0726. The number of fused-ring (bicyclic) bond motifs is 1. The van der Waals surface area contributed by atoms with E-state index in [9.17, 15) is 4.79 Å². The van der Waals surface area contributed by atoms with Crippen LogP contribution in [-0.4, -0.2) is 29.9 Å². The minimum atomic E-state index is -0.124. The average Bonchev–Trinajstić information content (AvgIpc) is 3.54. The van der Waals surface area contributed by atoms with Crippen molar-refractivity contribution in [2.45, 2.75) is 26.9 Å². The van der Waals surface area contributed by atoms with Crippen LogP contribution >= 0.6 is 0 Å². The highest BCUT2D eigenvalue weighted by Gasteiger charge is 2.21. The van der Waals surface area contributed by atoms with Gasteiger partial charge in [0, 0.05) is 23.7 Å². The van der Waals surface area contributed by atoms with Gasteiger partial charge in [-0.2, -0.15) is 0 Å². The van der Waals surface area contributed by atoms with Crippen LogP contribution in [0.25, 0.3) is 11.3 Å². The summed E-state index contributed by atoms with van der Waals surface area (Å²) in [5.41, 5.74) is 5.39. The third-order valence-corrected chi connectivity index (χ3v) is 6.00. The van der Waals surface area contributed by atoms with Crippen molar-refractivity contribution in [1.29, 1.82) is 0 Å². The fourth-order valence-corrected chi connectivity index (χ4v) is 4.09. The summed E-state index contributed by atoms with van der Waals surface area (Å²) in [6.07, 6.45) is 0. The highest BCUT2D eigenvalue weighted by Crippen LogP contribution is 2.33. The molecular formula is C28H26N2O5. The van der Waals surface area contributed by atoms with Gasteiger partial charge in [0.1, 0.15) is 11.4 Å². The van der Waals surface area contributed by atoms with Crippen molar-refractivity contribution in [1.82, 2.24) is 10.1 Å². The van der Waals surface area contributed by atoms with Crippen LogP contribution in [-0.2, 0) is 13.1 Å². The maximum Gasteiger partial charge on any atom is 0.254 e. The first-order valence-electron chi connectivity index (χ1n) is 11.4. The molecule has 35 heavy (non-hydrogen) atoms. The summed E-state index contributed by atoms with van der Waals surface area (Å²) in [5, 5.41) is 4.27. The van der Waals surface area contributed by atoms with Gasteiger partial charge in [-0.05, 0) is 67.4 Å². The highest BCUT2D eigenvalue weighted by molar-refractivity contribution is 5.94. The minimum absolute atomic E-state index is 0.124. The molecule has 7 nitrogen and oxygen atoms in total. The number of hydrogen-bond acceptors (Lipinski definition) is 6. The zero-order chi connectivity index (χ0) is 24.4. The van der Waals surface area contributed by atoms with Crippen molar-refractivity contribution in [3.63, 3.8) is 0 Å². The van der Waals surface area contributed by atoms with Crippen molar-refractivity contribution in [3.8, 4) is 28.6 Å². The summed E-state index contributed by atoms with van der Waals surface area (Å²) >= 11 is 0. The topological polar surface area (TPSA) is 74.0 Å². The number of amides is 1. The van der Waals surface area contributed by atoms with Gasteiger partial charge in [0.05, 0.1) is 13.7 Å². The van der Waals surface area contributed by atoms with Crippen LogP contribution in [0.2, 0.25) is 0 Å². The molecule has 0 unspecified atom stereocenters. The first-order chi connectivity index (χ1) is 17.0. The van der Waals surface area contributed by atoms with Gasteiger partial charge in [-0.15, -0.1) is 0 Å². The zero-order valence-electron chi connectivity index (χ0n) is 19.9. The lowest BCUT2D eigenvalue weighted by Crippen LogP contribution is -2.30. The van der Waals surface area contributed by atoms with Gasteiger partial charge >= 0.3 is 0 Å². The van der Waals surface area contributed by atoms with Crippen molar-refractivity contribution in [2.24, 2.45) is 0 Å². The lowest BCUT2D eigenvalue weighted by Gasteiger charge is -2.22. The first kappa shape index (κ1) is 22.5. The molecule has 0 N–H and O–H groups in total. The number of aromatic nitrogens is 1. The molecule has 0 bridgehead atoms. The first-order valence-corrected chi connectivity index (χ1v) is 11.4. The maximum absolute atomic E-state index is 13.5. The number of rotatable bonds is 7. The molecule has 7 heteroatoms. The number of benzene rings is 3. The fraction of sp³-hybridized carbons (Fsp3) is 0.214. The lowest BCUT2D eigenvalue weighted by atomic mass is 10.0. The van der Waals surface area contributed by atoms with E-state index in [1.807, 2.05) is 38.1 Å². The molecule has 1 aliphatic heterocycles. The molecule has 0 spiro atoms. The molecule has 178 valence electrons. The Balaban J connectivity index is 1.43. The third-order valence-electron chi connectivity index (χ3n) is 6.00. The van der Waals surface area contributed by atoms with Gasteiger partial charge in [-0.25, -0.2) is 0 Å². The largest absolute Gasteiger partial charge is 0.497 e. The SMILES string of the molecule is COc1ccc(C(=O)N(Cc2ccc3c(c2)OCO3)Cc2cc(-c3cc(C)ccc3C)on2)cc1. The molecule has 1 aliphatic rings. The molecule has 0 radical (unpaired) electrons. The summed E-state index contributed by atoms with van der Waals surface area (Å²) in [4.78, 5) is 15.3. The molecule has 3 aromatic carbocycles. The number of methoxy groups -OCH3 is 1. The Kier molecular flexibility index (Phi) is 6.14. The van der Waals surface area contributed by atoms with E-state index >= 15 is 0 Å². The molecule has 1 aromatic heterocycles. The Bertz CT molecular complexity index is 1360. The quantitative estimate of drug-likeness (QED) is 0.353. The number of carbonyl (C=O) groups is 1. The number of nitrogens with zero attached hydrogens (tertiary/aromatic N) is 2. The number of hydrogen-bond donors (Lipinski definition) is 0. The smallest absolute Gasteiger partial charge is 0.254 e. The third kappa shape index (κ3) is 4.84. The Morgan fingerprint density at radius 1 is 0.943 bits per heavy atom. The molecular weight excluding hydrogens is 444 g/mol. The van der Waals surface area contributed by atoms with Crippen molar-refractivity contribution >= 4 is 5.91 Å². The van der Waals surface area contributed by atoms with Crippen molar-refractivity contribution in [2.75, 3.05) is 13.9 Å². The van der Waals surface area contributed by atoms with E-state index in [0.717, 1.165) is 22.3 Å². The maximum atomic E-state index is 13.5. The normalized spacial score (nSPS) is 12.0. The molecule has 5 rings (SSSR count). The van der Waals surface area contributed by atoms with Crippen LogP contribution in [0, 0.1) is 13.8 Å². The predicted molar refractivity (Wildman–Crippen MR) is 131 cm³/mol. The van der Waals surface area contributed by atoms with Crippen LogP contribution < -0.4 is 14.2 Å². The highest BCUT2D eigenvalue weighted by atomic mass is 16.7. The second-order valence-electron chi connectivity index (χ2n) is 8.58. The molecule has 0 fully saturated rings. The van der Waals surface area contributed by atoms with E-state index in [4.69, 9.17) is 18.7 Å². The van der Waals surface area contributed by atoms with Gasteiger partial charge in [0.25, 0.3) is 5.91 Å². The molecule has 0 saturated carbocycles. The van der Waals surface area contributed by atoms with E-state index in [1.165, 1.54) is 0 Å². The van der Waals surface area contributed by atoms with E-state index in [0.29, 0.717) is 40.8 Å². The molecule has 4 aromatic rings. The minimum Gasteiger partial charge on any atom is -0.497 e. The van der Waals surface area contributed by atoms with Gasteiger partial charge in [0.2, 0.25) is 6.79 Å². The summed E-state index contributed by atoms with van der Waals surface area (Å²) in [7, 11) is 1.60. The summed E-state index contributed by atoms with van der Waals surface area (Å²) in [6, 6.07) is 20.9.